The van der Waals surface area contributed by atoms with Crippen molar-refractivity contribution in [2.45, 2.75) is 32.5 Å². The summed E-state index contributed by atoms with van der Waals surface area (Å²) in [6.45, 7) is 5.28. The van der Waals surface area contributed by atoms with Crippen molar-refractivity contribution >= 4 is 22.6 Å². The van der Waals surface area contributed by atoms with Crippen molar-refractivity contribution in [2.75, 3.05) is 18.0 Å². The number of nitrogens with two attached hydrogens (primary N) is 2. The lowest BCUT2D eigenvalue weighted by Gasteiger charge is -2.21. The van der Waals surface area contributed by atoms with Crippen LogP contribution in [-0.2, 0) is 0 Å². The van der Waals surface area contributed by atoms with Crippen molar-refractivity contribution in [1.29, 1.82) is 0 Å². The standard InChI is InChI=1S/C17H23N5O/c1-10-3-4-15-12(7-10)8-14(17(23)20-11(2)18)16(21-15)22-6-5-13(19)9-22/h3-4,7-8,11,13H,5-6,9,18-19H2,1-2H3,(H,20,23). The molecule has 1 aromatic heterocycles. The molecule has 1 aliphatic rings. The number of pyridine rings is 1. The molecular weight excluding hydrogens is 290 g/mol. The van der Waals surface area contributed by atoms with Crippen LogP contribution in [0.4, 0.5) is 5.82 Å². The van der Waals surface area contributed by atoms with Crippen molar-refractivity contribution in [3.05, 3.63) is 35.4 Å². The third-order valence-corrected chi connectivity index (χ3v) is 4.08. The summed E-state index contributed by atoms with van der Waals surface area (Å²) in [6.07, 6.45) is 0.492. The smallest absolute Gasteiger partial charge is 0.256 e. The van der Waals surface area contributed by atoms with Gasteiger partial charge >= 0.3 is 0 Å². The number of benzene rings is 1. The van der Waals surface area contributed by atoms with Crippen LogP contribution < -0.4 is 21.7 Å². The molecule has 23 heavy (non-hydrogen) atoms. The van der Waals surface area contributed by atoms with Crippen LogP contribution in [0.3, 0.4) is 0 Å². The zero-order chi connectivity index (χ0) is 16.6. The zero-order valence-corrected chi connectivity index (χ0v) is 13.5. The summed E-state index contributed by atoms with van der Waals surface area (Å²) in [5.41, 5.74) is 14.3. The first-order chi connectivity index (χ1) is 10.9. The van der Waals surface area contributed by atoms with Crippen LogP contribution in [0, 0.1) is 6.92 Å². The quantitative estimate of drug-likeness (QED) is 0.738. The van der Waals surface area contributed by atoms with Crippen LogP contribution in [0.25, 0.3) is 10.9 Å². The number of fused-ring (bicyclic) bond motifs is 1. The first-order valence-corrected chi connectivity index (χ1v) is 7.92. The van der Waals surface area contributed by atoms with Gasteiger partial charge in [-0.3, -0.25) is 4.79 Å². The molecule has 0 saturated carbocycles. The highest BCUT2D eigenvalue weighted by atomic mass is 16.1. The number of hydrogen-bond acceptors (Lipinski definition) is 5. The second-order valence-corrected chi connectivity index (χ2v) is 6.31. The molecule has 0 bridgehead atoms. The number of aryl methyl sites for hydroxylation is 1. The van der Waals surface area contributed by atoms with Gasteiger partial charge < -0.3 is 21.7 Å². The predicted molar refractivity (Wildman–Crippen MR) is 92.4 cm³/mol. The van der Waals surface area contributed by atoms with E-state index in [2.05, 4.69) is 10.2 Å². The normalized spacial score (nSPS) is 19.1. The van der Waals surface area contributed by atoms with Crippen molar-refractivity contribution < 1.29 is 4.79 Å². The number of amides is 1. The van der Waals surface area contributed by atoms with E-state index in [1.807, 2.05) is 31.2 Å². The Balaban J connectivity index is 2.10. The van der Waals surface area contributed by atoms with Crippen molar-refractivity contribution in [3.8, 4) is 0 Å². The molecule has 1 aliphatic heterocycles. The van der Waals surface area contributed by atoms with Crippen LogP contribution in [0.2, 0.25) is 0 Å². The second-order valence-electron chi connectivity index (χ2n) is 6.31. The van der Waals surface area contributed by atoms with E-state index < -0.39 is 6.17 Å². The number of aromatic nitrogens is 1. The molecule has 1 saturated heterocycles. The number of hydrogen-bond donors (Lipinski definition) is 3. The largest absolute Gasteiger partial charge is 0.354 e. The maximum Gasteiger partial charge on any atom is 0.256 e. The van der Waals surface area contributed by atoms with Gasteiger partial charge in [0.25, 0.3) is 5.91 Å². The van der Waals surface area contributed by atoms with Gasteiger partial charge in [-0.2, -0.15) is 0 Å². The van der Waals surface area contributed by atoms with E-state index >= 15 is 0 Å². The fraction of sp³-hybridized carbons (Fsp3) is 0.412. The molecule has 3 rings (SSSR count). The van der Waals surface area contributed by atoms with Crippen LogP contribution in [0.15, 0.2) is 24.3 Å². The number of carbonyl (C=O) groups excluding carboxylic acids is 1. The Kier molecular flexibility index (Phi) is 4.19. The third-order valence-electron chi connectivity index (χ3n) is 4.08. The van der Waals surface area contributed by atoms with E-state index in [9.17, 15) is 4.79 Å². The Morgan fingerprint density at radius 1 is 1.43 bits per heavy atom. The summed E-state index contributed by atoms with van der Waals surface area (Å²) < 4.78 is 0. The lowest BCUT2D eigenvalue weighted by atomic mass is 10.1. The van der Waals surface area contributed by atoms with Crippen LogP contribution in [-0.4, -0.2) is 36.2 Å². The number of rotatable bonds is 3. The van der Waals surface area contributed by atoms with Gasteiger partial charge in [-0.05, 0) is 38.5 Å². The van der Waals surface area contributed by atoms with Gasteiger partial charge in [0.15, 0.2) is 0 Å². The van der Waals surface area contributed by atoms with E-state index in [-0.39, 0.29) is 11.9 Å². The lowest BCUT2D eigenvalue weighted by Crippen LogP contribution is -2.40. The molecule has 6 nitrogen and oxygen atoms in total. The van der Waals surface area contributed by atoms with Crippen LogP contribution in [0.5, 0.6) is 0 Å². The first-order valence-electron chi connectivity index (χ1n) is 7.92. The van der Waals surface area contributed by atoms with E-state index in [1.54, 1.807) is 6.92 Å². The molecule has 5 N–H and O–H groups in total. The summed E-state index contributed by atoms with van der Waals surface area (Å²) in [5.74, 6) is 0.485. The number of anilines is 1. The Morgan fingerprint density at radius 3 is 2.87 bits per heavy atom. The van der Waals surface area contributed by atoms with E-state index in [4.69, 9.17) is 16.5 Å². The van der Waals surface area contributed by atoms with Gasteiger partial charge in [-0.25, -0.2) is 4.98 Å². The highest BCUT2D eigenvalue weighted by Crippen LogP contribution is 2.27. The molecule has 1 amide bonds. The highest BCUT2D eigenvalue weighted by molar-refractivity contribution is 6.02. The monoisotopic (exact) mass is 313 g/mol. The maximum absolute atomic E-state index is 12.6. The topological polar surface area (TPSA) is 97.3 Å². The van der Waals surface area contributed by atoms with Crippen molar-refractivity contribution in [3.63, 3.8) is 0 Å². The lowest BCUT2D eigenvalue weighted by molar-refractivity contribution is 0.0941. The zero-order valence-electron chi connectivity index (χ0n) is 13.5. The van der Waals surface area contributed by atoms with Gasteiger partial charge in [-0.1, -0.05) is 11.6 Å². The van der Waals surface area contributed by atoms with Crippen LogP contribution >= 0.6 is 0 Å². The van der Waals surface area contributed by atoms with E-state index in [0.717, 1.165) is 29.4 Å². The number of nitrogens with zero attached hydrogens (tertiary/aromatic N) is 2. The Morgan fingerprint density at radius 2 is 2.22 bits per heavy atom. The Hall–Kier alpha value is -2.18. The predicted octanol–water partition coefficient (Wildman–Crippen LogP) is 1.12. The van der Waals surface area contributed by atoms with Gasteiger partial charge in [-0.15, -0.1) is 0 Å². The molecule has 2 heterocycles. The molecule has 0 radical (unpaired) electrons. The van der Waals surface area contributed by atoms with Gasteiger partial charge in [0, 0.05) is 24.5 Å². The molecule has 2 unspecified atom stereocenters. The number of nitrogens with one attached hydrogen (secondary N) is 1. The Bertz CT molecular complexity index is 743. The molecule has 2 aromatic rings. The Labute approximate surface area is 135 Å². The van der Waals surface area contributed by atoms with Gasteiger partial charge in [0.05, 0.1) is 17.2 Å². The van der Waals surface area contributed by atoms with Crippen LogP contribution in [0.1, 0.15) is 29.3 Å². The molecule has 122 valence electrons. The van der Waals surface area contributed by atoms with E-state index in [1.165, 1.54) is 0 Å². The number of carbonyl (C=O) groups is 1. The minimum absolute atomic E-state index is 0.120. The average Bonchev–Trinajstić information content (AvgIpc) is 2.91. The second kappa shape index (κ2) is 6.14. The molecule has 6 heteroatoms. The maximum atomic E-state index is 12.6. The molecule has 2 atom stereocenters. The summed E-state index contributed by atoms with van der Waals surface area (Å²) >= 11 is 0. The van der Waals surface area contributed by atoms with Crippen molar-refractivity contribution in [2.24, 2.45) is 11.5 Å². The average molecular weight is 313 g/mol. The fourth-order valence-corrected chi connectivity index (χ4v) is 2.96. The summed E-state index contributed by atoms with van der Waals surface area (Å²) in [7, 11) is 0. The summed E-state index contributed by atoms with van der Waals surface area (Å²) in [5, 5.41) is 3.71. The molecule has 0 spiro atoms. The molecule has 1 fully saturated rings. The molecule has 0 aliphatic carbocycles. The van der Waals surface area contributed by atoms with Gasteiger partial charge in [0.2, 0.25) is 0 Å². The molecule has 1 aromatic carbocycles. The fourth-order valence-electron chi connectivity index (χ4n) is 2.96. The minimum Gasteiger partial charge on any atom is -0.354 e. The van der Waals surface area contributed by atoms with Gasteiger partial charge in [0.1, 0.15) is 5.82 Å². The van der Waals surface area contributed by atoms with E-state index in [0.29, 0.717) is 17.9 Å². The SMILES string of the molecule is Cc1ccc2nc(N3CCC(N)C3)c(C(=O)NC(C)N)cc2c1. The third kappa shape index (κ3) is 3.28. The van der Waals surface area contributed by atoms with Crippen molar-refractivity contribution in [1.82, 2.24) is 10.3 Å². The highest BCUT2D eigenvalue weighted by Gasteiger charge is 2.25. The summed E-state index contributed by atoms with van der Waals surface area (Å²) in [6, 6.07) is 8.06. The molecular formula is C17H23N5O. The summed E-state index contributed by atoms with van der Waals surface area (Å²) in [4.78, 5) is 19.4. The minimum atomic E-state index is -0.413. The first kappa shape index (κ1) is 15.7.